The molecular weight excluding hydrogens is 426 g/mol. The maximum Gasteiger partial charge on any atom is 0.306 e. The maximum atomic E-state index is 11.3. The normalized spacial score (nSPS) is 18.5. The van der Waals surface area contributed by atoms with Crippen LogP contribution in [0.4, 0.5) is 5.95 Å². The molecule has 2 unspecified atom stereocenters. The fourth-order valence-electron chi connectivity index (χ4n) is 3.91. The van der Waals surface area contributed by atoms with E-state index in [0.717, 1.165) is 18.5 Å². The molecule has 0 radical (unpaired) electrons. The number of aromatic nitrogens is 6. The van der Waals surface area contributed by atoms with Crippen LogP contribution in [-0.2, 0) is 18.4 Å². The van der Waals surface area contributed by atoms with E-state index in [4.69, 9.17) is 9.26 Å². The van der Waals surface area contributed by atoms with E-state index >= 15 is 0 Å². The lowest BCUT2D eigenvalue weighted by Crippen LogP contribution is -2.29. The molecule has 3 heterocycles. The van der Waals surface area contributed by atoms with E-state index in [0.29, 0.717) is 54.1 Å². The van der Waals surface area contributed by atoms with E-state index in [1.54, 1.807) is 17.8 Å². The predicted octanol–water partition coefficient (Wildman–Crippen LogP) is 3.24. The lowest BCUT2D eigenvalue weighted by Gasteiger charge is -2.27. The second-order valence-corrected chi connectivity index (χ2v) is 8.04. The Bertz CT molecular complexity index is 1150. The molecule has 1 saturated carbocycles. The van der Waals surface area contributed by atoms with Crippen LogP contribution in [0.5, 0.6) is 5.75 Å². The van der Waals surface area contributed by atoms with Gasteiger partial charge in [-0.1, -0.05) is 11.3 Å². The average Bonchev–Trinajstić information content (AvgIpc) is 3.40. The third-order valence-corrected chi connectivity index (χ3v) is 5.66. The van der Waals surface area contributed by atoms with Crippen molar-refractivity contribution in [2.75, 3.05) is 5.32 Å². The van der Waals surface area contributed by atoms with Crippen molar-refractivity contribution in [3.8, 4) is 17.1 Å². The van der Waals surface area contributed by atoms with Gasteiger partial charge in [-0.25, -0.2) is 9.67 Å². The fourth-order valence-corrected chi connectivity index (χ4v) is 3.91. The summed E-state index contributed by atoms with van der Waals surface area (Å²) in [5, 5.41) is 24.7. The molecule has 11 nitrogen and oxygen atoms in total. The first kappa shape index (κ1) is 22.4. The smallest absolute Gasteiger partial charge is 0.306 e. The molecule has 0 aromatic carbocycles. The van der Waals surface area contributed by atoms with Gasteiger partial charge in [0.25, 0.3) is 11.8 Å². The van der Waals surface area contributed by atoms with Crippen LogP contribution < -0.4 is 10.1 Å². The minimum Gasteiger partial charge on any atom is -0.489 e. The van der Waals surface area contributed by atoms with E-state index in [1.165, 1.54) is 0 Å². The number of hydrogen-bond acceptors (Lipinski definition) is 9. The number of nitrogens with zero attached hydrogens (tertiary/aromatic N) is 6. The van der Waals surface area contributed by atoms with Gasteiger partial charge in [-0.05, 0) is 62.9 Å². The zero-order chi connectivity index (χ0) is 23.4. The second-order valence-electron chi connectivity index (χ2n) is 8.04. The molecule has 0 amide bonds. The van der Waals surface area contributed by atoms with Crippen molar-refractivity contribution >= 4 is 18.0 Å². The van der Waals surface area contributed by atoms with Crippen LogP contribution >= 0.6 is 0 Å². The van der Waals surface area contributed by atoms with Crippen LogP contribution in [-0.4, -0.2) is 47.3 Å². The average molecular weight is 454 g/mol. The van der Waals surface area contributed by atoms with Crippen molar-refractivity contribution < 1.29 is 19.2 Å². The van der Waals surface area contributed by atoms with E-state index in [-0.39, 0.29) is 12.0 Å². The van der Waals surface area contributed by atoms with Gasteiger partial charge < -0.3 is 19.7 Å². The number of rotatable bonds is 8. The van der Waals surface area contributed by atoms with Crippen molar-refractivity contribution in [1.29, 1.82) is 0 Å². The highest BCUT2D eigenvalue weighted by Crippen LogP contribution is 2.30. The summed E-state index contributed by atoms with van der Waals surface area (Å²) < 4.78 is 12.9. The van der Waals surface area contributed by atoms with E-state index < -0.39 is 5.97 Å². The number of allylic oxidation sites excluding steroid dienone is 1. The lowest BCUT2D eigenvalue weighted by atomic mass is 9.87. The molecule has 1 aliphatic carbocycles. The van der Waals surface area contributed by atoms with Crippen molar-refractivity contribution in [2.24, 2.45) is 13.0 Å². The summed E-state index contributed by atoms with van der Waals surface area (Å²) in [6, 6.07) is 3.70. The largest absolute Gasteiger partial charge is 0.489 e. The van der Waals surface area contributed by atoms with Crippen LogP contribution in [0.3, 0.4) is 0 Å². The Labute approximate surface area is 190 Å². The topological polar surface area (TPSA) is 141 Å². The first-order chi connectivity index (χ1) is 15.9. The number of ether oxygens (including phenoxy) is 1. The minimum absolute atomic E-state index is 0.120. The summed E-state index contributed by atoms with van der Waals surface area (Å²) in [5.74, 6) is 0.344. The van der Waals surface area contributed by atoms with Crippen LogP contribution in [0.15, 0.2) is 22.7 Å². The van der Waals surface area contributed by atoms with E-state index in [2.05, 4.69) is 30.8 Å². The summed E-state index contributed by atoms with van der Waals surface area (Å²) in [6.07, 6.45) is 6.33. The van der Waals surface area contributed by atoms with Gasteiger partial charge in [0, 0.05) is 7.05 Å². The molecule has 0 aliphatic heterocycles. The third-order valence-electron chi connectivity index (χ3n) is 5.66. The van der Waals surface area contributed by atoms with Crippen molar-refractivity contribution in [3.05, 3.63) is 35.5 Å². The summed E-state index contributed by atoms with van der Waals surface area (Å²) >= 11 is 0. The molecule has 33 heavy (non-hydrogen) atoms. The summed E-state index contributed by atoms with van der Waals surface area (Å²) in [5.41, 5.74) is 2.83. The summed E-state index contributed by atoms with van der Waals surface area (Å²) in [4.78, 5) is 20.2. The SMILES string of the molecule is C/C=C/c1nc(NCc2c(-c3ccc(OC4CCCC(C(=O)O)C4)c(C)n3)nnn2C)no1. The first-order valence-electron chi connectivity index (χ1n) is 10.9. The molecule has 1 aliphatic rings. The molecule has 2 N–H and O–H groups in total. The highest BCUT2D eigenvalue weighted by Gasteiger charge is 2.28. The second kappa shape index (κ2) is 9.80. The molecule has 4 rings (SSSR count). The van der Waals surface area contributed by atoms with Gasteiger partial charge in [0.15, 0.2) is 0 Å². The summed E-state index contributed by atoms with van der Waals surface area (Å²) in [7, 11) is 1.81. The first-order valence-corrected chi connectivity index (χ1v) is 10.9. The predicted molar refractivity (Wildman–Crippen MR) is 119 cm³/mol. The molecule has 3 aromatic rings. The van der Waals surface area contributed by atoms with Crippen molar-refractivity contribution in [1.82, 2.24) is 30.1 Å². The van der Waals surface area contributed by atoms with Crippen molar-refractivity contribution in [2.45, 2.75) is 52.2 Å². The fraction of sp³-hybridized carbons (Fsp3) is 0.455. The molecule has 0 bridgehead atoms. The highest BCUT2D eigenvalue weighted by atomic mass is 16.5. The van der Waals surface area contributed by atoms with Crippen molar-refractivity contribution in [3.63, 3.8) is 0 Å². The van der Waals surface area contributed by atoms with Crippen LogP contribution in [0.25, 0.3) is 17.5 Å². The van der Waals surface area contributed by atoms with E-state index in [9.17, 15) is 9.90 Å². The number of pyridine rings is 1. The van der Waals surface area contributed by atoms with Crippen LogP contribution in [0.1, 0.15) is 49.9 Å². The number of carboxylic acids is 1. The number of aliphatic carboxylic acids is 1. The van der Waals surface area contributed by atoms with E-state index in [1.807, 2.05) is 32.1 Å². The Balaban J connectivity index is 1.47. The summed E-state index contributed by atoms with van der Waals surface area (Å²) in [6.45, 7) is 4.12. The molecule has 1 fully saturated rings. The highest BCUT2D eigenvalue weighted by molar-refractivity contribution is 5.70. The standard InChI is InChI=1S/C22H27N7O4/c1-4-6-19-25-22(27-33-19)23-12-17-20(26-28-29(17)3)16-9-10-18(13(2)24-16)32-15-8-5-7-14(11-15)21(30)31/h4,6,9-10,14-15H,5,7-8,11-12H2,1-3H3,(H,23,27)(H,30,31)/b6-4+. The molecule has 0 spiro atoms. The number of anilines is 1. The molecule has 0 saturated heterocycles. The monoisotopic (exact) mass is 453 g/mol. The Hall–Kier alpha value is -3.76. The maximum absolute atomic E-state index is 11.3. The van der Waals surface area contributed by atoms with Crippen LogP contribution in [0, 0.1) is 12.8 Å². The number of carbonyl (C=O) groups is 1. The molecular formula is C22H27N7O4. The molecule has 2 atom stereocenters. The zero-order valence-electron chi connectivity index (χ0n) is 18.9. The number of carboxylic acid groups (broad SMARTS) is 1. The van der Waals surface area contributed by atoms with Crippen LogP contribution in [0.2, 0.25) is 0 Å². The number of aryl methyl sites for hydroxylation is 2. The number of nitrogens with one attached hydrogen (secondary N) is 1. The Morgan fingerprint density at radius 1 is 1.36 bits per heavy atom. The Morgan fingerprint density at radius 2 is 2.21 bits per heavy atom. The van der Waals surface area contributed by atoms with Gasteiger partial charge >= 0.3 is 5.97 Å². The third kappa shape index (κ3) is 5.18. The van der Waals surface area contributed by atoms with Gasteiger partial charge in [-0.15, -0.1) is 5.10 Å². The number of hydrogen-bond donors (Lipinski definition) is 2. The van der Waals surface area contributed by atoms with Gasteiger partial charge in [-0.3, -0.25) is 4.79 Å². The minimum atomic E-state index is -0.754. The van der Waals surface area contributed by atoms with Gasteiger partial charge in [0.05, 0.1) is 35.6 Å². The Kier molecular flexibility index (Phi) is 6.66. The molecule has 11 heteroatoms. The molecule has 174 valence electrons. The zero-order valence-corrected chi connectivity index (χ0v) is 18.9. The lowest BCUT2D eigenvalue weighted by molar-refractivity contribution is -0.143. The van der Waals surface area contributed by atoms with Gasteiger partial charge in [0.2, 0.25) is 0 Å². The molecule has 3 aromatic heterocycles. The Morgan fingerprint density at radius 3 is 2.97 bits per heavy atom. The van der Waals surface area contributed by atoms with Gasteiger partial charge in [-0.2, -0.15) is 4.98 Å². The van der Waals surface area contributed by atoms with Gasteiger partial charge in [0.1, 0.15) is 11.4 Å². The quantitative estimate of drug-likeness (QED) is 0.522.